The Morgan fingerprint density at radius 2 is 1.87 bits per heavy atom. The SMILES string of the molecule is Cc1nc(C)c(-c2csc(CC(=O)Cc3ccc(Br)cc3)n2)s1. The summed E-state index contributed by atoms with van der Waals surface area (Å²) in [6.07, 6.45) is 0.832. The summed E-state index contributed by atoms with van der Waals surface area (Å²) < 4.78 is 1.02. The van der Waals surface area contributed by atoms with E-state index in [2.05, 4.69) is 25.9 Å². The van der Waals surface area contributed by atoms with Crippen LogP contribution in [0.5, 0.6) is 0 Å². The number of Topliss-reactive ketones (excluding diaryl/α,β-unsaturated/α-hetero) is 1. The molecule has 0 unspecified atom stereocenters. The van der Waals surface area contributed by atoms with Crippen LogP contribution < -0.4 is 0 Å². The van der Waals surface area contributed by atoms with Crippen molar-refractivity contribution in [2.75, 3.05) is 0 Å². The second-order valence-corrected chi connectivity index (χ2v) is 8.35. The number of nitrogens with zero attached hydrogens (tertiary/aromatic N) is 2. The predicted octanol–water partition coefficient (Wildman–Crippen LogP) is 5.00. The molecule has 3 rings (SSSR count). The van der Waals surface area contributed by atoms with E-state index in [9.17, 15) is 4.79 Å². The maximum Gasteiger partial charge on any atom is 0.144 e. The van der Waals surface area contributed by atoms with E-state index in [1.807, 2.05) is 43.5 Å². The zero-order chi connectivity index (χ0) is 16.4. The summed E-state index contributed by atoms with van der Waals surface area (Å²) in [7, 11) is 0. The molecule has 0 fully saturated rings. The summed E-state index contributed by atoms with van der Waals surface area (Å²) in [4.78, 5) is 22.4. The van der Waals surface area contributed by atoms with Crippen molar-refractivity contribution in [3.8, 4) is 10.6 Å². The van der Waals surface area contributed by atoms with Crippen LogP contribution in [0.3, 0.4) is 0 Å². The Bertz CT molecular complexity index is 837. The van der Waals surface area contributed by atoms with Gasteiger partial charge in [0, 0.05) is 16.3 Å². The van der Waals surface area contributed by atoms with Gasteiger partial charge in [0.05, 0.1) is 27.7 Å². The van der Waals surface area contributed by atoms with E-state index >= 15 is 0 Å². The molecule has 0 N–H and O–H groups in total. The van der Waals surface area contributed by atoms with E-state index in [0.29, 0.717) is 12.8 Å². The van der Waals surface area contributed by atoms with Gasteiger partial charge in [0.25, 0.3) is 0 Å². The lowest BCUT2D eigenvalue weighted by atomic mass is 10.1. The molecule has 1 aromatic carbocycles. The van der Waals surface area contributed by atoms with Crippen LogP contribution in [-0.4, -0.2) is 15.8 Å². The van der Waals surface area contributed by atoms with Crippen LogP contribution in [0.1, 0.15) is 21.3 Å². The first-order valence-corrected chi connectivity index (χ1v) is 9.65. The lowest BCUT2D eigenvalue weighted by Crippen LogP contribution is -2.06. The molecule has 0 saturated heterocycles. The fourth-order valence-electron chi connectivity index (χ4n) is 2.33. The summed E-state index contributed by atoms with van der Waals surface area (Å²) in [6, 6.07) is 7.86. The number of rotatable bonds is 5. The average Bonchev–Trinajstić information content (AvgIpc) is 3.07. The quantitative estimate of drug-likeness (QED) is 0.598. The molecule has 0 saturated carbocycles. The van der Waals surface area contributed by atoms with Gasteiger partial charge >= 0.3 is 0 Å². The van der Waals surface area contributed by atoms with Crippen molar-refractivity contribution in [2.24, 2.45) is 0 Å². The number of carbonyl (C=O) groups excluding carboxylic acids is 1. The van der Waals surface area contributed by atoms with Gasteiger partial charge < -0.3 is 0 Å². The Labute approximate surface area is 151 Å². The van der Waals surface area contributed by atoms with Crippen molar-refractivity contribution in [3.63, 3.8) is 0 Å². The molecule has 0 amide bonds. The van der Waals surface area contributed by atoms with Crippen molar-refractivity contribution in [3.05, 3.63) is 55.4 Å². The molecule has 0 bridgehead atoms. The van der Waals surface area contributed by atoms with Gasteiger partial charge in [-0.3, -0.25) is 4.79 Å². The van der Waals surface area contributed by atoms with Crippen LogP contribution in [0.15, 0.2) is 34.1 Å². The highest BCUT2D eigenvalue weighted by atomic mass is 79.9. The highest BCUT2D eigenvalue weighted by Gasteiger charge is 2.13. The van der Waals surface area contributed by atoms with Gasteiger partial charge in [-0.15, -0.1) is 22.7 Å². The third kappa shape index (κ3) is 4.13. The Morgan fingerprint density at radius 1 is 1.13 bits per heavy atom. The number of halogens is 1. The Hall–Kier alpha value is -1.37. The second-order valence-electron chi connectivity index (χ2n) is 5.29. The Kier molecular flexibility index (Phi) is 5.04. The Morgan fingerprint density at radius 3 is 2.52 bits per heavy atom. The highest BCUT2D eigenvalue weighted by Crippen LogP contribution is 2.30. The highest BCUT2D eigenvalue weighted by molar-refractivity contribution is 9.10. The van der Waals surface area contributed by atoms with Crippen molar-refractivity contribution >= 4 is 44.4 Å². The topological polar surface area (TPSA) is 42.9 Å². The van der Waals surface area contributed by atoms with Gasteiger partial charge in [-0.25, -0.2) is 9.97 Å². The molecule has 6 heteroatoms. The number of hydrogen-bond acceptors (Lipinski definition) is 5. The summed E-state index contributed by atoms with van der Waals surface area (Å²) in [5, 5.41) is 3.92. The van der Waals surface area contributed by atoms with Crippen LogP contribution in [0, 0.1) is 13.8 Å². The minimum absolute atomic E-state index is 0.186. The molecular formula is C17H15BrN2OS2. The number of thiazole rings is 2. The van der Waals surface area contributed by atoms with E-state index in [0.717, 1.165) is 36.3 Å². The van der Waals surface area contributed by atoms with Crippen molar-refractivity contribution in [2.45, 2.75) is 26.7 Å². The smallest absolute Gasteiger partial charge is 0.144 e. The monoisotopic (exact) mass is 406 g/mol. The number of aryl methyl sites for hydroxylation is 2. The van der Waals surface area contributed by atoms with E-state index in [-0.39, 0.29) is 5.78 Å². The van der Waals surface area contributed by atoms with Crippen LogP contribution >= 0.6 is 38.6 Å². The molecule has 2 heterocycles. The van der Waals surface area contributed by atoms with Crippen LogP contribution in [0.4, 0.5) is 0 Å². The van der Waals surface area contributed by atoms with Crippen LogP contribution in [-0.2, 0) is 17.6 Å². The maximum atomic E-state index is 12.2. The van der Waals surface area contributed by atoms with Gasteiger partial charge in [-0.05, 0) is 31.5 Å². The minimum atomic E-state index is 0.186. The first-order valence-electron chi connectivity index (χ1n) is 7.16. The fraction of sp³-hybridized carbons (Fsp3) is 0.235. The van der Waals surface area contributed by atoms with E-state index in [4.69, 9.17) is 0 Å². The van der Waals surface area contributed by atoms with Gasteiger partial charge in [-0.2, -0.15) is 0 Å². The number of benzene rings is 1. The summed E-state index contributed by atoms with van der Waals surface area (Å²) in [5.74, 6) is 0.186. The Balaban J connectivity index is 1.68. The lowest BCUT2D eigenvalue weighted by molar-refractivity contribution is -0.117. The number of carbonyl (C=O) groups is 1. The summed E-state index contributed by atoms with van der Waals surface area (Å²) >= 11 is 6.59. The van der Waals surface area contributed by atoms with Crippen molar-refractivity contribution in [1.29, 1.82) is 0 Å². The maximum absolute atomic E-state index is 12.2. The molecule has 0 spiro atoms. The number of aromatic nitrogens is 2. The first-order chi connectivity index (χ1) is 11.0. The molecular weight excluding hydrogens is 392 g/mol. The summed E-state index contributed by atoms with van der Waals surface area (Å²) in [5.41, 5.74) is 2.97. The van der Waals surface area contributed by atoms with Crippen molar-refractivity contribution in [1.82, 2.24) is 9.97 Å². The molecule has 23 heavy (non-hydrogen) atoms. The lowest BCUT2D eigenvalue weighted by Gasteiger charge is -2.00. The molecule has 0 aliphatic carbocycles. The molecule has 0 aliphatic heterocycles. The molecule has 3 aromatic rings. The van der Waals surface area contributed by atoms with Crippen molar-refractivity contribution < 1.29 is 4.79 Å². The third-order valence-corrected chi connectivity index (χ3v) is 5.82. The molecule has 2 aromatic heterocycles. The predicted molar refractivity (Wildman–Crippen MR) is 99.3 cm³/mol. The average molecular weight is 407 g/mol. The van der Waals surface area contributed by atoms with E-state index < -0.39 is 0 Å². The number of hydrogen-bond donors (Lipinski definition) is 0. The molecule has 0 aliphatic rings. The molecule has 0 radical (unpaired) electrons. The second kappa shape index (κ2) is 7.03. The first kappa shape index (κ1) is 16.5. The van der Waals surface area contributed by atoms with Crippen LogP contribution in [0.2, 0.25) is 0 Å². The molecule has 0 atom stereocenters. The minimum Gasteiger partial charge on any atom is -0.299 e. The van der Waals surface area contributed by atoms with Crippen LogP contribution in [0.25, 0.3) is 10.6 Å². The molecule has 3 nitrogen and oxygen atoms in total. The van der Waals surface area contributed by atoms with E-state index in [1.54, 1.807) is 22.7 Å². The number of ketones is 1. The third-order valence-electron chi connectivity index (χ3n) is 3.35. The van der Waals surface area contributed by atoms with Gasteiger partial charge in [-0.1, -0.05) is 28.1 Å². The normalized spacial score (nSPS) is 10.9. The van der Waals surface area contributed by atoms with Gasteiger partial charge in [0.15, 0.2) is 0 Å². The standard InChI is InChI=1S/C17H15BrN2OS2/c1-10-17(23-11(2)19-10)15-9-22-16(20-15)8-14(21)7-12-3-5-13(18)6-4-12/h3-6,9H,7-8H2,1-2H3. The largest absolute Gasteiger partial charge is 0.299 e. The van der Waals surface area contributed by atoms with E-state index in [1.165, 1.54) is 0 Å². The molecule has 118 valence electrons. The zero-order valence-electron chi connectivity index (χ0n) is 12.8. The zero-order valence-corrected chi connectivity index (χ0v) is 16.0. The fourth-order valence-corrected chi connectivity index (χ4v) is 4.36. The summed E-state index contributed by atoms with van der Waals surface area (Å²) in [6.45, 7) is 3.99. The van der Waals surface area contributed by atoms with Gasteiger partial charge in [0.1, 0.15) is 10.8 Å². The van der Waals surface area contributed by atoms with Gasteiger partial charge in [0.2, 0.25) is 0 Å².